The molecular formula is C3H7N2O3P. The highest BCUT2D eigenvalue weighted by Crippen LogP contribution is 2.35. The maximum absolute atomic E-state index is 10.3. The second-order valence-electron chi connectivity index (χ2n) is 1.68. The van der Waals surface area contributed by atoms with Gasteiger partial charge in [0.2, 0.25) is 5.58 Å². The summed E-state index contributed by atoms with van der Waals surface area (Å²) in [6, 6.07) is 0. The second-order valence-corrected chi connectivity index (χ2v) is 3.19. The van der Waals surface area contributed by atoms with Gasteiger partial charge < -0.3 is 15.1 Å². The zero-order chi connectivity index (χ0) is 6.91. The Bertz CT molecular complexity index is 183. The van der Waals surface area contributed by atoms with Crippen LogP contribution in [-0.4, -0.2) is 28.5 Å². The van der Waals surface area contributed by atoms with E-state index >= 15 is 0 Å². The van der Waals surface area contributed by atoms with E-state index in [1.165, 1.54) is 0 Å². The molecule has 0 saturated heterocycles. The van der Waals surface area contributed by atoms with Crippen LogP contribution in [0.5, 0.6) is 0 Å². The molecule has 6 heteroatoms. The molecule has 0 aliphatic carbocycles. The van der Waals surface area contributed by atoms with E-state index in [-0.39, 0.29) is 5.58 Å². The van der Waals surface area contributed by atoms with Gasteiger partial charge in [0.25, 0.3) is 0 Å². The molecule has 52 valence electrons. The van der Waals surface area contributed by atoms with Crippen molar-refractivity contribution in [2.45, 2.75) is 0 Å². The third-order valence-corrected chi connectivity index (χ3v) is 1.78. The number of nitrogens with one attached hydrogen (secondary N) is 1. The van der Waals surface area contributed by atoms with E-state index in [0.717, 1.165) is 0 Å². The number of aliphatic imine (C=N–C) groups is 1. The third-order valence-electron chi connectivity index (χ3n) is 0.932. The van der Waals surface area contributed by atoms with Gasteiger partial charge in [-0.05, 0) is 0 Å². The average Bonchev–Trinajstić information content (AvgIpc) is 2.08. The fraction of sp³-hybridized carbons (Fsp3) is 0.667. The monoisotopic (exact) mass is 150 g/mol. The van der Waals surface area contributed by atoms with Crippen molar-refractivity contribution in [3.05, 3.63) is 0 Å². The summed E-state index contributed by atoms with van der Waals surface area (Å²) in [7, 11) is -4.07. The van der Waals surface area contributed by atoms with Crippen molar-refractivity contribution in [2.24, 2.45) is 4.99 Å². The predicted octanol–water partition coefficient (Wildman–Crippen LogP) is -0.877. The van der Waals surface area contributed by atoms with Crippen molar-refractivity contribution < 1.29 is 14.4 Å². The van der Waals surface area contributed by atoms with Crippen molar-refractivity contribution in [1.82, 2.24) is 5.32 Å². The molecule has 5 nitrogen and oxygen atoms in total. The highest BCUT2D eigenvalue weighted by molar-refractivity contribution is 7.70. The SMILES string of the molecule is O=P(O)(O)C1=NCCN1. The zero-order valence-electron chi connectivity index (χ0n) is 4.61. The summed E-state index contributed by atoms with van der Waals surface area (Å²) in [5.74, 6) is 0. The first kappa shape index (κ1) is 6.74. The molecule has 0 fully saturated rings. The largest absolute Gasteiger partial charge is 0.390 e. The molecule has 0 radical (unpaired) electrons. The predicted molar refractivity (Wildman–Crippen MR) is 32.3 cm³/mol. The van der Waals surface area contributed by atoms with Gasteiger partial charge in [-0.15, -0.1) is 0 Å². The molecule has 0 spiro atoms. The topological polar surface area (TPSA) is 81.9 Å². The number of hydrogen-bond donors (Lipinski definition) is 3. The molecule has 1 rings (SSSR count). The second kappa shape index (κ2) is 2.10. The van der Waals surface area contributed by atoms with Crippen LogP contribution >= 0.6 is 7.60 Å². The Morgan fingerprint density at radius 3 is 2.56 bits per heavy atom. The number of amidine groups is 1. The smallest absolute Gasteiger partial charge is 0.362 e. The van der Waals surface area contributed by atoms with Crippen molar-refractivity contribution >= 4 is 13.2 Å². The van der Waals surface area contributed by atoms with Crippen LogP contribution in [0.1, 0.15) is 0 Å². The first-order valence-corrected chi connectivity index (χ1v) is 4.06. The third kappa shape index (κ3) is 1.51. The number of hydrogen-bond acceptors (Lipinski definition) is 3. The summed E-state index contributed by atoms with van der Waals surface area (Å²) in [6.07, 6.45) is 0. The fourth-order valence-corrected chi connectivity index (χ4v) is 1.18. The van der Waals surface area contributed by atoms with E-state index in [9.17, 15) is 4.57 Å². The van der Waals surface area contributed by atoms with E-state index in [0.29, 0.717) is 13.1 Å². The molecule has 0 saturated carbocycles. The lowest BCUT2D eigenvalue weighted by Gasteiger charge is -2.01. The van der Waals surface area contributed by atoms with Gasteiger partial charge in [-0.1, -0.05) is 0 Å². The maximum atomic E-state index is 10.3. The summed E-state index contributed by atoms with van der Waals surface area (Å²) in [5, 5.41) is 2.48. The average molecular weight is 150 g/mol. The molecule has 0 aromatic rings. The standard InChI is InChI=1S/C3H7N2O3P/c6-9(7,8)3-4-1-2-5-3/h1-2H2,(H,4,5)(H2,6,7,8). The minimum absolute atomic E-state index is 0.178. The van der Waals surface area contributed by atoms with Crippen LogP contribution in [-0.2, 0) is 4.57 Å². The van der Waals surface area contributed by atoms with Gasteiger partial charge in [-0.25, -0.2) is 0 Å². The summed E-state index contributed by atoms with van der Waals surface area (Å²) in [4.78, 5) is 20.4. The Morgan fingerprint density at radius 1 is 1.67 bits per heavy atom. The quantitative estimate of drug-likeness (QED) is 0.424. The van der Waals surface area contributed by atoms with Crippen LogP contribution < -0.4 is 5.32 Å². The molecule has 1 heterocycles. The molecular weight excluding hydrogens is 143 g/mol. The van der Waals surface area contributed by atoms with Gasteiger partial charge in [0.1, 0.15) is 0 Å². The lowest BCUT2D eigenvalue weighted by Crippen LogP contribution is -2.18. The molecule has 0 unspecified atom stereocenters. The molecule has 1 aliphatic rings. The van der Waals surface area contributed by atoms with E-state index in [1.807, 2.05) is 0 Å². The summed E-state index contributed by atoms with van der Waals surface area (Å²) in [6.45, 7) is 0.987. The van der Waals surface area contributed by atoms with Gasteiger partial charge in [-0.3, -0.25) is 9.56 Å². The zero-order valence-corrected chi connectivity index (χ0v) is 5.51. The van der Waals surface area contributed by atoms with Crippen LogP contribution in [0, 0.1) is 0 Å². The Morgan fingerprint density at radius 2 is 2.33 bits per heavy atom. The fourth-order valence-electron chi connectivity index (χ4n) is 0.581. The van der Waals surface area contributed by atoms with Crippen molar-refractivity contribution in [3.63, 3.8) is 0 Å². The summed E-state index contributed by atoms with van der Waals surface area (Å²) in [5.41, 5.74) is -0.178. The lowest BCUT2D eigenvalue weighted by atomic mass is 10.7. The van der Waals surface area contributed by atoms with Gasteiger partial charge in [0.05, 0.1) is 6.54 Å². The maximum Gasteiger partial charge on any atom is 0.390 e. The van der Waals surface area contributed by atoms with Crippen molar-refractivity contribution in [1.29, 1.82) is 0 Å². The Hall–Kier alpha value is -0.380. The van der Waals surface area contributed by atoms with Crippen LogP contribution in [0.3, 0.4) is 0 Å². The van der Waals surface area contributed by atoms with Gasteiger partial charge >= 0.3 is 7.60 Å². The van der Waals surface area contributed by atoms with Crippen molar-refractivity contribution in [3.8, 4) is 0 Å². The molecule has 0 aromatic heterocycles. The van der Waals surface area contributed by atoms with Crippen LogP contribution in [0.4, 0.5) is 0 Å². The Balaban J connectivity index is 2.73. The van der Waals surface area contributed by atoms with E-state index in [2.05, 4.69) is 10.3 Å². The van der Waals surface area contributed by atoms with Gasteiger partial charge in [0.15, 0.2) is 0 Å². The van der Waals surface area contributed by atoms with E-state index < -0.39 is 7.60 Å². The first-order chi connectivity index (χ1) is 4.11. The molecule has 0 amide bonds. The van der Waals surface area contributed by atoms with Crippen LogP contribution in [0.2, 0.25) is 0 Å². The number of rotatable bonds is 1. The minimum atomic E-state index is -4.07. The van der Waals surface area contributed by atoms with E-state index in [1.54, 1.807) is 0 Å². The normalized spacial score (nSPS) is 19.1. The highest BCUT2D eigenvalue weighted by Gasteiger charge is 2.24. The molecule has 0 bridgehead atoms. The first-order valence-electron chi connectivity index (χ1n) is 2.45. The molecule has 0 aromatic carbocycles. The Labute approximate surface area is 52.0 Å². The molecule has 0 atom stereocenters. The molecule has 3 N–H and O–H groups in total. The molecule has 1 aliphatic heterocycles. The highest BCUT2D eigenvalue weighted by atomic mass is 31.2. The van der Waals surface area contributed by atoms with Crippen LogP contribution in [0.15, 0.2) is 4.99 Å². The summed E-state index contributed by atoms with van der Waals surface area (Å²) < 4.78 is 10.3. The van der Waals surface area contributed by atoms with Crippen molar-refractivity contribution in [2.75, 3.05) is 13.1 Å². The van der Waals surface area contributed by atoms with Gasteiger partial charge in [0, 0.05) is 6.54 Å². The van der Waals surface area contributed by atoms with E-state index in [4.69, 9.17) is 9.79 Å². The van der Waals surface area contributed by atoms with Gasteiger partial charge in [-0.2, -0.15) is 0 Å². The Kier molecular flexibility index (Phi) is 1.57. The lowest BCUT2D eigenvalue weighted by molar-refractivity contribution is 0.390. The number of nitrogens with zero attached hydrogens (tertiary/aromatic N) is 1. The minimum Gasteiger partial charge on any atom is -0.362 e. The van der Waals surface area contributed by atoms with Crippen LogP contribution in [0.25, 0.3) is 0 Å². The molecule has 9 heavy (non-hydrogen) atoms. The summed E-state index contributed by atoms with van der Waals surface area (Å²) >= 11 is 0.